The third-order valence-electron chi connectivity index (χ3n) is 3.48. The third-order valence-corrected chi connectivity index (χ3v) is 3.48. The first-order valence-electron chi connectivity index (χ1n) is 6.48. The topological polar surface area (TPSA) is 41.3 Å². The summed E-state index contributed by atoms with van der Waals surface area (Å²) in [6, 6.07) is 9.21. The van der Waals surface area contributed by atoms with Crippen molar-refractivity contribution in [3.63, 3.8) is 0 Å². The van der Waals surface area contributed by atoms with Crippen LogP contribution < -0.4 is 11.1 Å². The lowest BCUT2D eigenvalue weighted by molar-refractivity contribution is 0.226. The molecule has 0 aromatic heterocycles. The molecule has 1 saturated heterocycles. The molecule has 1 atom stereocenters. The van der Waals surface area contributed by atoms with Gasteiger partial charge in [0, 0.05) is 25.7 Å². The molecule has 0 bridgehead atoms. The quantitative estimate of drug-likeness (QED) is 0.824. The van der Waals surface area contributed by atoms with Crippen LogP contribution in [0, 0.1) is 0 Å². The summed E-state index contributed by atoms with van der Waals surface area (Å²) in [6.07, 6.45) is 2.60. The predicted molar refractivity (Wildman–Crippen MR) is 71.7 cm³/mol. The Balaban J connectivity index is 1.80. The Morgan fingerprint density at radius 2 is 2.00 bits per heavy atom. The lowest BCUT2D eigenvalue weighted by Crippen LogP contribution is -2.43. The van der Waals surface area contributed by atoms with Gasteiger partial charge < -0.3 is 16.0 Å². The normalized spacial score (nSPS) is 21.6. The van der Waals surface area contributed by atoms with Crippen molar-refractivity contribution in [2.45, 2.75) is 32.0 Å². The lowest BCUT2D eigenvalue weighted by atomic mass is 10.1. The summed E-state index contributed by atoms with van der Waals surface area (Å²) in [4.78, 5) is 2.40. The summed E-state index contributed by atoms with van der Waals surface area (Å²) in [5, 5.41) is 3.63. The van der Waals surface area contributed by atoms with E-state index in [-0.39, 0.29) is 0 Å². The monoisotopic (exact) mass is 233 g/mol. The first kappa shape index (κ1) is 12.6. The molecule has 94 valence electrons. The molecule has 0 aliphatic carbocycles. The molecule has 0 saturated carbocycles. The predicted octanol–water partition coefficient (Wildman–Crippen LogP) is 1.33. The largest absolute Gasteiger partial charge is 0.326 e. The molecule has 1 aromatic rings. The van der Waals surface area contributed by atoms with Gasteiger partial charge in [0.1, 0.15) is 0 Å². The maximum Gasteiger partial charge on any atom is 0.0208 e. The standard InChI is InChI=1S/C14H23N3/c1-17-8-2-3-14(11-17)16-10-13-6-4-12(9-15)5-7-13/h4-7,14,16H,2-3,8-11,15H2,1H3. The molecule has 1 unspecified atom stereocenters. The minimum absolute atomic E-state index is 0.626. The molecule has 3 heteroatoms. The summed E-state index contributed by atoms with van der Waals surface area (Å²) in [6.45, 7) is 3.99. The summed E-state index contributed by atoms with van der Waals surface area (Å²) < 4.78 is 0. The Bertz CT molecular complexity index is 334. The van der Waals surface area contributed by atoms with Gasteiger partial charge in [-0.2, -0.15) is 0 Å². The van der Waals surface area contributed by atoms with Crippen LogP contribution in [0.4, 0.5) is 0 Å². The summed E-state index contributed by atoms with van der Waals surface area (Å²) in [5.74, 6) is 0. The van der Waals surface area contributed by atoms with Crippen LogP contribution in [0.25, 0.3) is 0 Å². The molecule has 2 rings (SSSR count). The fourth-order valence-electron chi connectivity index (χ4n) is 2.39. The van der Waals surface area contributed by atoms with Gasteiger partial charge in [0.2, 0.25) is 0 Å². The van der Waals surface area contributed by atoms with Gasteiger partial charge in [0.25, 0.3) is 0 Å². The molecule has 1 aliphatic rings. The first-order chi connectivity index (χ1) is 8.28. The van der Waals surface area contributed by atoms with Crippen LogP contribution in [0.3, 0.4) is 0 Å². The minimum atomic E-state index is 0.626. The Morgan fingerprint density at radius 3 is 2.65 bits per heavy atom. The highest BCUT2D eigenvalue weighted by Crippen LogP contribution is 2.09. The number of nitrogens with two attached hydrogens (primary N) is 1. The van der Waals surface area contributed by atoms with E-state index in [2.05, 4.69) is 41.5 Å². The number of nitrogens with one attached hydrogen (secondary N) is 1. The second-order valence-corrected chi connectivity index (χ2v) is 5.00. The van der Waals surface area contributed by atoms with E-state index in [0.717, 1.165) is 6.54 Å². The summed E-state index contributed by atoms with van der Waals surface area (Å²) in [7, 11) is 2.20. The van der Waals surface area contributed by atoms with Crippen LogP contribution in [-0.2, 0) is 13.1 Å². The van der Waals surface area contributed by atoms with Gasteiger partial charge in [0.05, 0.1) is 0 Å². The van der Waals surface area contributed by atoms with Crippen LogP contribution in [-0.4, -0.2) is 31.1 Å². The van der Waals surface area contributed by atoms with Crippen molar-refractivity contribution < 1.29 is 0 Å². The second kappa shape index (κ2) is 6.15. The third kappa shape index (κ3) is 3.80. The highest BCUT2D eigenvalue weighted by Gasteiger charge is 2.15. The number of piperidine rings is 1. The van der Waals surface area contributed by atoms with Crippen LogP contribution in [0.1, 0.15) is 24.0 Å². The summed E-state index contributed by atoms with van der Waals surface area (Å²) in [5.41, 5.74) is 8.13. The van der Waals surface area contributed by atoms with E-state index in [9.17, 15) is 0 Å². The van der Waals surface area contributed by atoms with Gasteiger partial charge in [0.15, 0.2) is 0 Å². The zero-order chi connectivity index (χ0) is 12.1. The average molecular weight is 233 g/mol. The SMILES string of the molecule is CN1CCCC(NCc2ccc(CN)cc2)C1. The van der Waals surface area contributed by atoms with Crippen LogP contribution in [0.2, 0.25) is 0 Å². The van der Waals surface area contributed by atoms with Crippen LogP contribution >= 0.6 is 0 Å². The van der Waals surface area contributed by atoms with E-state index in [1.807, 2.05) is 0 Å². The van der Waals surface area contributed by atoms with E-state index < -0.39 is 0 Å². The van der Waals surface area contributed by atoms with E-state index in [1.165, 1.54) is 37.1 Å². The second-order valence-electron chi connectivity index (χ2n) is 5.00. The van der Waals surface area contributed by atoms with E-state index >= 15 is 0 Å². The van der Waals surface area contributed by atoms with Gasteiger partial charge in [-0.1, -0.05) is 24.3 Å². The van der Waals surface area contributed by atoms with Gasteiger partial charge in [-0.3, -0.25) is 0 Å². The highest BCUT2D eigenvalue weighted by atomic mass is 15.1. The maximum absolute atomic E-state index is 5.58. The van der Waals surface area contributed by atoms with E-state index in [4.69, 9.17) is 5.73 Å². The zero-order valence-corrected chi connectivity index (χ0v) is 10.7. The lowest BCUT2D eigenvalue weighted by Gasteiger charge is -2.30. The number of likely N-dealkylation sites (tertiary alicyclic amines) is 1. The minimum Gasteiger partial charge on any atom is -0.326 e. The molecular weight excluding hydrogens is 210 g/mol. The number of benzene rings is 1. The molecule has 1 aliphatic heterocycles. The average Bonchev–Trinajstić information content (AvgIpc) is 2.37. The zero-order valence-electron chi connectivity index (χ0n) is 10.7. The number of nitrogens with zero attached hydrogens (tertiary/aromatic N) is 1. The van der Waals surface area contributed by atoms with Crippen molar-refractivity contribution in [1.82, 2.24) is 10.2 Å². The van der Waals surface area contributed by atoms with E-state index in [0.29, 0.717) is 12.6 Å². The number of hydrogen-bond acceptors (Lipinski definition) is 3. The smallest absolute Gasteiger partial charge is 0.0208 e. The van der Waals surface area contributed by atoms with Crippen LogP contribution in [0.15, 0.2) is 24.3 Å². The molecule has 17 heavy (non-hydrogen) atoms. The Labute approximate surface area is 104 Å². The fraction of sp³-hybridized carbons (Fsp3) is 0.571. The molecule has 1 heterocycles. The van der Waals surface area contributed by atoms with Gasteiger partial charge in [-0.25, -0.2) is 0 Å². The molecule has 1 fully saturated rings. The molecule has 0 amide bonds. The van der Waals surface area contributed by atoms with Crippen molar-refractivity contribution >= 4 is 0 Å². The van der Waals surface area contributed by atoms with Crippen molar-refractivity contribution in [3.8, 4) is 0 Å². The highest BCUT2D eigenvalue weighted by molar-refractivity contribution is 5.22. The molecular formula is C14H23N3. The molecule has 3 N–H and O–H groups in total. The van der Waals surface area contributed by atoms with Crippen LogP contribution in [0.5, 0.6) is 0 Å². The number of rotatable bonds is 4. The molecule has 3 nitrogen and oxygen atoms in total. The maximum atomic E-state index is 5.58. The first-order valence-corrected chi connectivity index (χ1v) is 6.48. The van der Waals surface area contributed by atoms with Gasteiger partial charge >= 0.3 is 0 Å². The Morgan fingerprint density at radius 1 is 1.29 bits per heavy atom. The Kier molecular flexibility index (Phi) is 4.54. The van der Waals surface area contributed by atoms with Gasteiger partial charge in [-0.15, -0.1) is 0 Å². The molecule has 0 spiro atoms. The van der Waals surface area contributed by atoms with Gasteiger partial charge in [-0.05, 0) is 37.6 Å². The number of hydrogen-bond donors (Lipinski definition) is 2. The van der Waals surface area contributed by atoms with Crippen molar-refractivity contribution in [3.05, 3.63) is 35.4 Å². The fourth-order valence-corrected chi connectivity index (χ4v) is 2.39. The molecule has 0 radical (unpaired) electrons. The van der Waals surface area contributed by atoms with E-state index in [1.54, 1.807) is 0 Å². The van der Waals surface area contributed by atoms with Crippen molar-refractivity contribution in [2.24, 2.45) is 5.73 Å². The molecule has 1 aromatic carbocycles. The van der Waals surface area contributed by atoms with Crippen molar-refractivity contribution in [2.75, 3.05) is 20.1 Å². The Hall–Kier alpha value is -0.900. The summed E-state index contributed by atoms with van der Waals surface area (Å²) >= 11 is 0. The van der Waals surface area contributed by atoms with Crippen molar-refractivity contribution in [1.29, 1.82) is 0 Å². The number of likely N-dealkylation sites (N-methyl/N-ethyl adjacent to an activating group) is 1.